The summed E-state index contributed by atoms with van der Waals surface area (Å²) in [4.78, 5) is 25.0. The summed E-state index contributed by atoms with van der Waals surface area (Å²) >= 11 is 0. The van der Waals surface area contributed by atoms with Crippen molar-refractivity contribution in [2.24, 2.45) is 39.4 Å². The molecule has 1 heterocycles. The smallest absolute Gasteiger partial charge is 0.337 e. The second-order valence-electron chi connectivity index (χ2n) is 13.0. The van der Waals surface area contributed by atoms with Crippen LogP contribution in [-0.2, 0) is 19.1 Å². The molecule has 5 rings (SSSR count). The molecular formula is C27H40O6. The quantitative estimate of drug-likeness (QED) is 0.572. The van der Waals surface area contributed by atoms with E-state index in [4.69, 9.17) is 9.47 Å². The largest absolute Gasteiger partial charge is 0.458 e. The van der Waals surface area contributed by atoms with Gasteiger partial charge in [-0.15, -0.1) is 0 Å². The number of hydrogen-bond acceptors (Lipinski definition) is 6. The number of aliphatic hydroxyl groups is 2. The predicted octanol–water partition coefficient (Wildman–Crippen LogP) is 4.13. The number of ether oxygens (including phenoxy) is 2. The van der Waals surface area contributed by atoms with Gasteiger partial charge in [0.1, 0.15) is 6.10 Å². The van der Waals surface area contributed by atoms with Gasteiger partial charge in [-0.25, -0.2) is 4.79 Å². The van der Waals surface area contributed by atoms with E-state index in [-0.39, 0.29) is 22.2 Å². The molecule has 9 atom stereocenters. The predicted molar refractivity (Wildman–Crippen MR) is 122 cm³/mol. The number of esters is 2. The highest BCUT2D eigenvalue weighted by Crippen LogP contribution is 2.73. The Morgan fingerprint density at radius 1 is 0.970 bits per heavy atom. The molecule has 6 heteroatoms. The molecule has 0 aromatic rings. The molecule has 33 heavy (non-hydrogen) atoms. The molecule has 0 radical (unpaired) electrons. The molecule has 3 fully saturated rings. The highest BCUT2D eigenvalue weighted by molar-refractivity contribution is 5.94. The first-order valence-corrected chi connectivity index (χ1v) is 12.8. The molecule has 1 aliphatic heterocycles. The lowest BCUT2D eigenvalue weighted by molar-refractivity contribution is -0.223. The Bertz CT molecular complexity index is 922. The maximum absolute atomic E-state index is 13.0. The molecule has 0 bridgehead atoms. The zero-order chi connectivity index (χ0) is 24.1. The van der Waals surface area contributed by atoms with Crippen LogP contribution in [0.3, 0.4) is 0 Å². The second-order valence-corrected chi connectivity index (χ2v) is 13.0. The molecule has 0 aromatic heterocycles. The first kappa shape index (κ1) is 23.3. The maximum Gasteiger partial charge on any atom is 0.337 e. The van der Waals surface area contributed by atoms with Crippen molar-refractivity contribution in [2.75, 3.05) is 0 Å². The van der Waals surface area contributed by atoms with E-state index in [0.29, 0.717) is 35.8 Å². The van der Waals surface area contributed by atoms with Crippen LogP contribution >= 0.6 is 0 Å². The summed E-state index contributed by atoms with van der Waals surface area (Å²) in [7, 11) is 0. The summed E-state index contributed by atoms with van der Waals surface area (Å²) in [6.45, 7) is 12.9. The van der Waals surface area contributed by atoms with Gasteiger partial charge in [-0.05, 0) is 72.5 Å². The molecule has 0 spiro atoms. The Kier molecular flexibility index (Phi) is 5.00. The van der Waals surface area contributed by atoms with Crippen molar-refractivity contribution >= 4 is 11.9 Å². The molecule has 0 aromatic carbocycles. The minimum absolute atomic E-state index is 0.0532. The summed E-state index contributed by atoms with van der Waals surface area (Å²) in [6, 6.07) is 0. The third kappa shape index (κ3) is 2.92. The summed E-state index contributed by atoms with van der Waals surface area (Å²) in [5.41, 5.74) is 0.145. The molecule has 0 saturated heterocycles. The first-order chi connectivity index (χ1) is 15.3. The van der Waals surface area contributed by atoms with Gasteiger partial charge < -0.3 is 19.7 Å². The van der Waals surface area contributed by atoms with E-state index in [1.54, 1.807) is 0 Å². The van der Waals surface area contributed by atoms with Crippen LogP contribution in [0.4, 0.5) is 0 Å². The van der Waals surface area contributed by atoms with E-state index in [1.807, 2.05) is 6.92 Å². The lowest BCUT2D eigenvalue weighted by atomic mass is 9.35. The summed E-state index contributed by atoms with van der Waals surface area (Å²) in [5.74, 6) is -0.151. The van der Waals surface area contributed by atoms with Crippen LogP contribution in [0.25, 0.3) is 0 Å². The van der Waals surface area contributed by atoms with Crippen LogP contribution in [0.15, 0.2) is 11.1 Å². The zero-order valence-corrected chi connectivity index (χ0v) is 20.9. The number of aliphatic hydroxyl groups excluding tert-OH is 2. The fourth-order valence-corrected chi connectivity index (χ4v) is 9.85. The molecular weight excluding hydrogens is 420 g/mol. The summed E-state index contributed by atoms with van der Waals surface area (Å²) in [6.07, 6.45) is 4.08. The Morgan fingerprint density at radius 2 is 1.64 bits per heavy atom. The van der Waals surface area contributed by atoms with Crippen LogP contribution in [0, 0.1) is 39.4 Å². The third-order valence-electron chi connectivity index (χ3n) is 11.1. The summed E-state index contributed by atoms with van der Waals surface area (Å²) in [5, 5.41) is 22.3. The Morgan fingerprint density at radius 3 is 2.30 bits per heavy atom. The Hall–Kier alpha value is -1.40. The van der Waals surface area contributed by atoms with Gasteiger partial charge in [0.05, 0.1) is 11.7 Å². The molecule has 2 N–H and O–H groups in total. The van der Waals surface area contributed by atoms with E-state index in [0.717, 1.165) is 12.8 Å². The van der Waals surface area contributed by atoms with Crippen molar-refractivity contribution in [3.05, 3.63) is 11.1 Å². The molecule has 4 aliphatic carbocycles. The van der Waals surface area contributed by atoms with Crippen LogP contribution in [-0.4, -0.2) is 40.6 Å². The van der Waals surface area contributed by atoms with E-state index >= 15 is 0 Å². The van der Waals surface area contributed by atoms with Gasteiger partial charge in [-0.2, -0.15) is 0 Å². The van der Waals surface area contributed by atoms with Gasteiger partial charge in [-0.3, -0.25) is 4.79 Å². The van der Waals surface area contributed by atoms with Crippen molar-refractivity contribution in [1.82, 2.24) is 0 Å². The fourth-order valence-electron chi connectivity index (χ4n) is 9.85. The number of fused-ring (bicyclic) bond motifs is 6. The van der Waals surface area contributed by atoms with Crippen molar-refractivity contribution < 1.29 is 29.3 Å². The standard InChI is InChI=1S/C27H40O6/c1-14(28)32-15-12-18-26(5)11-8-16-24(2,3)9-7-10-25(16,4)17(26)13-19(29)27(18,6)21-20(15)22(30)33-23(21)31/h15-19,22,29-30H,7-13H2,1-6H3/t15-,16-,17+,18-,19+,22-,25-,26+,27+/m0/s1. The molecule has 184 valence electrons. The number of rotatable bonds is 1. The van der Waals surface area contributed by atoms with Gasteiger partial charge in [0.25, 0.3) is 0 Å². The second kappa shape index (κ2) is 7.07. The van der Waals surface area contributed by atoms with Gasteiger partial charge in [0.15, 0.2) is 0 Å². The Labute approximate surface area is 197 Å². The fraction of sp³-hybridized carbons (Fsp3) is 0.852. The number of hydrogen-bond donors (Lipinski definition) is 2. The highest BCUT2D eigenvalue weighted by atomic mass is 16.6. The number of carbonyl (C=O) groups is 2. The van der Waals surface area contributed by atoms with Gasteiger partial charge in [-0.1, -0.05) is 41.0 Å². The van der Waals surface area contributed by atoms with Gasteiger partial charge in [0.2, 0.25) is 6.29 Å². The third-order valence-corrected chi connectivity index (χ3v) is 11.1. The van der Waals surface area contributed by atoms with E-state index in [1.165, 1.54) is 26.2 Å². The first-order valence-electron chi connectivity index (χ1n) is 12.8. The SMILES string of the molecule is CC(=O)O[C@H]1C[C@H]2[C@]3(C)CC[C@H]4C(C)(C)CCC[C@]4(C)[C@H]3C[C@@H](O)[C@]2(C)C2=C1[C@@H](O)OC2=O. The van der Waals surface area contributed by atoms with E-state index in [2.05, 4.69) is 27.7 Å². The average Bonchev–Trinajstić information content (AvgIpc) is 3.00. The molecule has 0 amide bonds. The van der Waals surface area contributed by atoms with Gasteiger partial charge in [0, 0.05) is 17.9 Å². The van der Waals surface area contributed by atoms with Crippen LogP contribution in [0.5, 0.6) is 0 Å². The molecule has 5 aliphatic rings. The number of cyclic esters (lactones) is 1. The highest BCUT2D eigenvalue weighted by Gasteiger charge is 2.70. The topological polar surface area (TPSA) is 93.1 Å². The van der Waals surface area contributed by atoms with Crippen molar-refractivity contribution in [3.63, 3.8) is 0 Å². The van der Waals surface area contributed by atoms with E-state index in [9.17, 15) is 19.8 Å². The molecule has 0 unspecified atom stereocenters. The summed E-state index contributed by atoms with van der Waals surface area (Å²) < 4.78 is 10.9. The monoisotopic (exact) mass is 460 g/mol. The van der Waals surface area contributed by atoms with Crippen LogP contribution in [0.2, 0.25) is 0 Å². The molecule has 3 saturated carbocycles. The normalized spacial score (nSPS) is 50.5. The van der Waals surface area contributed by atoms with Crippen LogP contribution in [0.1, 0.15) is 86.5 Å². The van der Waals surface area contributed by atoms with Crippen molar-refractivity contribution in [1.29, 1.82) is 0 Å². The van der Waals surface area contributed by atoms with Crippen molar-refractivity contribution in [3.8, 4) is 0 Å². The Balaban J connectivity index is 1.64. The maximum atomic E-state index is 13.0. The average molecular weight is 461 g/mol. The van der Waals surface area contributed by atoms with E-state index < -0.39 is 35.9 Å². The number of carbonyl (C=O) groups excluding carboxylic acids is 2. The molecule has 6 nitrogen and oxygen atoms in total. The zero-order valence-electron chi connectivity index (χ0n) is 20.9. The lowest BCUT2D eigenvalue weighted by Gasteiger charge is -2.70. The van der Waals surface area contributed by atoms with Crippen molar-refractivity contribution in [2.45, 2.75) is 105 Å². The minimum Gasteiger partial charge on any atom is -0.458 e. The minimum atomic E-state index is -1.42. The van der Waals surface area contributed by atoms with Gasteiger partial charge >= 0.3 is 11.9 Å². The van der Waals surface area contributed by atoms with Crippen LogP contribution < -0.4 is 0 Å². The lowest BCUT2D eigenvalue weighted by Crippen LogP contribution is -2.66.